The molecule has 0 aliphatic carbocycles. The van der Waals surface area contributed by atoms with Gasteiger partial charge in [-0.2, -0.15) is 0 Å². The van der Waals surface area contributed by atoms with Crippen LogP contribution in [0.1, 0.15) is 22.9 Å². The lowest BCUT2D eigenvalue weighted by molar-refractivity contribution is 0.256. The Bertz CT molecular complexity index is 864. The van der Waals surface area contributed by atoms with Crippen LogP contribution in [0.25, 0.3) is 10.2 Å². The van der Waals surface area contributed by atoms with Crippen LogP contribution in [0, 0.1) is 6.92 Å². The van der Waals surface area contributed by atoms with Crippen molar-refractivity contribution in [3.63, 3.8) is 0 Å². The molecule has 0 amide bonds. The Labute approximate surface area is 140 Å². The van der Waals surface area contributed by atoms with E-state index >= 15 is 0 Å². The van der Waals surface area contributed by atoms with Crippen molar-refractivity contribution in [2.24, 2.45) is 0 Å². The molecule has 0 radical (unpaired) electrons. The molecular formula is C18H21N3OS. The van der Waals surface area contributed by atoms with Crippen LogP contribution < -0.4 is 5.56 Å². The van der Waals surface area contributed by atoms with Crippen LogP contribution in [-0.2, 0) is 19.6 Å². The quantitative estimate of drug-likeness (QED) is 0.721. The number of hydrogen-bond donors (Lipinski definition) is 0. The Kier molecular flexibility index (Phi) is 4.59. The first-order valence-electron chi connectivity index (χ1n) is 7.78. The van der Waals surface area contributed by atoms with Gasteiger partial charge in [-0.15, -0.1) is 11.3 Å². The lowest BCUT2D eigenvalue weighted by Crippen LogP contribution is -2.29. The van der Waals surface area contributed by atoms with Gasteiger partial charge in [-0.25, -0.2) is 4.98 Å². The average Bonchev–Trinajstić information content (AvgIpc) is 2.96. The first-order valence-corrected chi connectivity index (χ1v) is 8.60. The van der Waals surface area contributed by atoms with Crippen LogP contribution in [0.4, 0.5) is 0 Å². The van der Waals surface area contributed by atoms with Crippen molar-refractivity contribution in [2.45, 2.75) is 33.5 Å². The molecular weight excluding hydrogens is 306 g/mol. The van der Waals surface area contributed by atoms with Crippen LogP contribution >= 0.6 is 11.3 Å². The van der Waals surface area contributed by atoms with Crippen molar-refractivity contribution in [1.29, 1.82) is 0 Å². The fraction of sp³-hybridized carbons (Fsp3) is 0.333. The topological polar surface area (TPSA) is 38.1 Å². The van der Waals surface area contributed by atoms with E-state index in [4.69, 9.17) is 0 Å². The second-order valence-corrected chi connectivity index (χ2v) is 7.06. The molecule has 1 aromatic carbocycles. The molecule has 4 nitrogen and oxygen atoms in total. The highest BCUT2D eigenvalue weighted by Gasteiger charge is 2.09. The predicted molar refractivity (Wildman–Crippen MR) is 95.9 cm³/mol. The molecule has 0 aliphatic rings. The molecule has 2 aromatic heterocycles. The van der Waals surface area contributed by atoms with Gasteiger partial charge in [0, 0.05) is 11.4 Å². The van der Waals surface area contributed by atoms with Gasteiger partial charge in [-0.3, -0.25) is 14.3 Å². The standard InChI is InChI=1S/C18H21N3OS/c1-4-15-9-16-17(23-15)19-11-21(18(16)22)12-20(3)10-14-7-5-13(2)6-8-14/h5-9,11H,4,10,12H2,1-3H3. The van der Waals surface area contributed by atoms with Gasteiger partial charge in [0.1, 0.15) is 11.2 Å². The minimum atomic E-state index is 0.0432. The highest BCUT2D eigenvalue weighted by Crippen LogP contribution is 2.21. The summed E-state index contributed by atoms with van der Waals surface area (Å²) in [5.41, 5.74) is 2.54. The molecule has 120 valence electrons. The number of fused-ring (bicyclic) bond motifs is 1. The van der Waals surface area contributed by atoms with Gasteiger partial charge in [0.2, 0.25) is 0 Å². The Balaban J connectivity index is 1.79. The maximum atomic E-state index is 12.6. The molecule has 0 atom stereocenters. The molecule has 23 heavy (non-hydrogen) atoms. The number of nitrogens with zero attached hydrogens (tertiary/aromatic N) is 3. The number of aryl methyl sites for hydroxylation is 2. The Hall–Kier alpha value is -1.98. The molecule has 5 heteroatoms. The monoisotopic (exact) mass is 327 g/mol. The average molecular weight is 327 g/mol. The summed E-state index contributed by atoms with van der Waals surface area (Å²) in [4.78, 5) is 21.2. The normalized spacial score (nSPS) is 11.5. The lowest BCUT2D eigenvalue weighted by atomic mass is 10.1. The molecule has 3 rings (SSSR count). The summed E-state index contributed by atoms with van der Waals surface area (Å²) in [6.45, 7) is 5.51. The molecule has 0 saturated carbocycles. The molecule has 0 fully saturated rings. The summed E-state index contributed by atoms with van der Waals surface area (Å²) in [5.74, 6) is 0. The number of rotatable bonds is 5. The van der Waals surface area contributed by atoms with Crippen molar-refractivity contribution in [1.82, 2.24) is 14.5 Å². The van der Waals surface area contributed by atoms with E-state index in [1.54, 1.807) is 22.2 Å². The van der Waals surface area contributed by atoms with E-state index in [-0.39, 0.29) is 5.56 Å². The van der Waals surface area contributed by atoms with Crippen LogP contribution in [0.5, 0.6) is 0 Å². The number of aromatic nitrogens is 2. The van der Waals surface area contributed by atoms with E-state index < -0.39 is 0 Å². The zero-order valence-corrected chi connectivity index (χ0v) is 14.6. The largest absolute Gasteiger partial charge is 0.285 e. The molecule has 0 N–H and O–H groups in total. The zero-order valence-electron chi connectivity index (χ0n) is 13.7. The van der Waals surface area contributed by atoms with Gasteiger partial charge in [-0.1, -0.05) is 36.8 Å². The lowest BCUT2D eigenvalue weighted by Gasteiger charge is -2.18. The van der Waals surface area contributed by atoms with Crippen molar-refractivity contribution in [3.05, 3.63) is 63.0 Å². The molecule has 3 aromatic rings. The summed E-state index contributed by atoms with van der Waals surface area (Å²) in [6, 6.07) is 10.5. The van der Waals surface area contributed by atoms with Crippen LogP contribution in [0.3, 0.4) is 0 Å². The third-order valence-electron chi connectivity index (χ3n) is 3.88. The van der Waals surface area contributed by atoms with Crippen LogP contribution in [0.15, 0.2) is 41.5 Å². The molecule has 0 saturated heterocycles. The van der Waals surface area contributed by atoms with Gasteiger partial charge in [0.05, 0.1) is 12.1 Å². The van der Waals surface area contributed by atoms with Crippen molar-refractivity contribution < 1.29 is 0 Å². The second-order valence-electron chi connectivity index (χ2n) is 5.95. The SMILES string of the molecule is CCc1cc2c(=O)n(CN(C)Cc3ccc(C)cc3)cnc2s1. The minimum absolute atomic E-state index is 0.0432. The summed E-state index contributed by atoms with van der Waals surface area (Å²) in [6.07, 6.45) is 2.60. The van der Waals surface area contributed by atoms with Gasteiger partial charge in [0.25, 0.3) is 5.56 Å². The molecule has 0 aliphatic heterocycles. The molecule has 0 unspecified atom stereocenters. The van der Waals surface area contributed by atoms with Crippen LogP contribution in [0.2, 0.25) is 0 Å². The summed E-state index contributed by atoms with van der Waals surface area (Å²) >= 11 is 1.60. The maximum Gasteiger partial charge on any atom is 0.263 e. The Morgan fingerprint density at radius 3 is 2.70 bits per heavy atom. The smallest absolute Gasteiger partial charge is 0.263 e. The summed E-state index contributed by atoms with van der Waals surface area (Å²) in [7, 11) is 2.02. The first kappa shape index (κ1) is 15.9. The second kappa shape index (κ2) is 6.64. The predicted octanol–water partition coefficient (Wildman–Crippen LogP) is 3.42. The van der Waals surface area contributed by atoms with E-state index in [1.165, 1.54) is 16.0 Å². The molecule has 2 heterocycles. The Morgan fingerprint density at radius 2 is 2.00 bits per heavy atom. The highest BCUT2D eigenvalue weighted by atomic mass is 32.1. The van der Waals surface area contributed by atoms with Crippen molar-refractivity contribution in [3.8, 4) is 0 Å². The van der Waals surface area contributed by atoms with E-state index in [1.807, 2.05) is 13.1 Å². The third-order valence-corrected chi connectivity index (χ3v) is 5.07. The Morgan fingerprint density at radius 1 is 1.26 bits per heavy atom. The van der Waals surface area contributed by atoms with E-state index in [0.717, 1.165) is 23.2 Å². The van der Waals surface area contributed by atoms with E-state index in [2.05, 4.69) is 48.0 Å². The first-order chi connectivity index (χ1) is 11.1. The van der Waals surface area contributed by atoms with E-state index in [9.17, 15) is 4.79 Å². The number of hydrogen-bond acceptors (Lipinski definition) is 4. The fourth-order valence-corrected chi connectivity index (χ4v) is 3.53. The minimum Gasteiger partial charge on any atom is -0.285 e. The number of thiophene rings is 1. The summed E-state index contributed by atoms with van der Waals surface area (Å²) in [5, 5.41) is 0.734. The summed E-state index contributed by atoms with van der Waals surface area (Å²) < 4.78 is 1.68. The maximum absolute atomic E-state index is 12.6. The molecule has 0 spiro atoms. The van der Waals surface area contributed by atoms with Gasteiger partial charge in [-0.05, 0) is 32.0 Å². The fourth-order valence-electron chi connectivity index (χ4n) is 2.60. The zero-order chi connectivity index (χ0) is 16.4. The van der Waals surface area contributed by atoms with Gasteiger partial charge >= 0.3 is 0 Å². The third kappa shape index (κ3) is 3.51. The molecule has 0 bridgehead atoms. The van der Waals surface area contributed by atoms with Gasteiger partial charge in [0.15, 0.2) is 0 Å². The highest BCUT2D eigenvalue weighted by molar-refractivity contribution is 7.18. The van der Waals surface area contributed by atoms with E-state index in [0.29, 0.717) is 6.67 Å². The van der Waals surface area contributed by atoms with Crippen molar-refractivity contribution >= 4 is 21.6 Å². The number of benzene rings is 1. The van der Waals surface area contributed by atoms with Crippen molar-refractivity contribution in [2.75, 3.05) is 7.05 Å². The van der Waals surface area contributed by atoms with Crippen LogP contribution in [-0.4, -0.2) is 21.5 Å². The van der Waals surface area contributed by atoms with Gasteiger partial charge < -0.3 is 0 Å².